The first-order chi connectivity index (χ1) is 11.7. The normalized spacial score (nSPS) is 14.2. The summed E-state index contributed by atoms with van der Waals surface area (Å²) < 4.78 is 26.2. The SMILES string of the molecule is Nc1cc(C(CCl)S(=O)(=O)C(CCl)c2ccc(O)c(N)c2)ccc1O. The van der Waals surface area contributed by atoms with Gasteiger partial charge in [-0.2, -0.15) is 0 Å². The van der Waals surface area contributed by atoms with Crippen molar-refractivity contribution >= 4 is 44.4 Å². The molecular weight excluding hydrogens is 387 g/mol. The summed E-state index contributed by atoms with van der Waals surface area (Å²) in [5, 5.41) is 16.9. The van der Waals surface area contributed by atoms with Crippen LogP contribution in [0, 0.1) is 0 Å². The molecule has 6 N–H and O–H groups in total. The molecule has 136 valence electrons. The van der Waals surface area contributed by atoms with E-state index in [4.69, 9.17) is 34.7 Å². The highest BCUT2D eigenvalue weighted by molar-refractivity contribution is 7.92. The highest BCUT2D eigenvalue weighted by Gasteiger charge is 2.35. The molecule has 0 aromatic heterocycles. The maximum absolute atomic E-state index is 13.1. The van der Waals surface area contributed by atoms with Crippen molar-refractivity contribution in [2.75, 3.05) is 23.2 Å². The van der Waals surface area contributed by atoms with Crippen LogP contribution in [0.3, 0.4) is 0 Å². The minimum absolute atomic E-state index is 0.0547. The molecule has 0 fully saturated rings. The molecule has 0 aliphatic heterocycles. The van der Waals surface area contributed by atoms with E-state index < -0.39 is 20.3 Å². The molecule has 2 rings (SSSR count). The van der Waals surface area contributed by atoms with Crippen molar-refractivity contribution in [3.05, 3.63) is 47.5 Å². The predicted octanol–water partition coefficient (Wildman–Crippen LogP) is 2.94. The van der Waals surface area contributed by atoms with E-state index in [1.54, 1.807) is 0 Å². The second-order valence-electron chi connectivity index (χ2n) is 5.51. The van der Waals surface area contributed by atoms with Crippen LogP contribution in [0.4, 0.5) is 11.4 Å². The molecule has 0 radical (unpaired) electrons. The van der Waals surface area contributed by atoms with Crippen molar-refractivity contribution in [2.45, 2.75) is 10.5 Å². The lowest BCUT2D eigenvalue weighted by Gasteiger charge is -2.23. The van der Waals surface area contributed by atoms with Gasteiger partial charge in [0.2, 0.25) is 0 Å². The van der Waals surface area contributed by atoms with Gasteiger partial charge in [-0.05, 0) is 35.4 Å². The van der Waals surface area contributed by atoms with E-state index >= 15 is 0 Å². The Morgan fingerprint density at radius 3 is 1.48 bits per heavy atom. The van der Waals surface area contributed by atoms with Gasteiger partial charge < -0.3 is 21.7 Å². The van der Waals surface area contributed by atoms with Crippen molar-refractivity contribution in [3.8, 4) is 11.5 Å². The molecule has 0 aliphatic rings. The Bertz CT molecular complexity index is 809. The number of hydrogen-bond donors (Lipinski definition) is 4. The second kappa shape index (κ2) is 7.59. The Hall–Kier alpha value is -1.83. The van der Waals surface area contributed by atoms with E-state index in [0.717, 1.165) is 0 Å². The van der Waals surface area contributed by atoms with Crippen molar-refractivity contribution in [1.82, 2.24) is 0 Å². The third-order valence-corrected chi connectivity index (χ3v) is 7.37. The van der Waals surface area contributed by atoms with Crippen LogP contribution < -0.4 is 11.5 Å². The fraction of sp³-hybridized carbons (Fsp3) is 0.250. The smallest absolute Gasteiger partial charge is 0.166 e. The van der Waals surface area contributed by atoms with Gasteiger partial charge in [0.05, 0.1) is 11.4 Å². The zero-order valence-corrected chi connectivity index (χ0v) is 15.4. The number of nitrogens with two attached hydrogens (primary N) is 2. The summed E-state index contributed by atoms with van der Waals surface area (Å²) in [4.78, 5) is 0. The quantitative estimate of drug-likeness (QED) is 0.333. The molecular formula is C16H18Cl2N2O4S. The maximum Gasteiger partial charge on any atom is 0.166 e. The van der Waals surface area contributed by atoms with E-state index in [2.05, 4.69) is 0 Å². The number of sulfone groups is 1. The minimum Gasteiger partial charge on any atom is -0.506 e. The number of aromatic hydroxyl groups is 2. The monoisotopic (exact) mass is 404 g/mol. The Kier molecular flexibility index (Phi) is 5.92. The summed E-state index contributed by atoms with van der Waals surface area (Å²) in [5.74, 6) is -0.717. The summed E-state index contributed by atoms with van der Waals surface area (Å²) in [5.41, 5.74) is 12.1. The number of phenols is 2. The third-order valence-electron chi connectivity index (χ3n) is 3.92. The van der Waals surface area contributed by atoms with Crippen molar-refractivity contribution in [1.29, 1.82) is 0 Å². The molecule has 2 atom stereocenters. The fourth-order valence-electron chi connectivity index (χ4n) is 2.48. The molecule has 2 aromatic rings. The first-order valence-electron chi connectivity index (χ1n) is 7.23. The van der Waals surface area contributed by atoms with Gasteiger partial charge in [-0.25, -0.2) is 8.42 Å². The molecule has 0 amide bonds. The number of alkyl halides is 2. The Balaban J connectivity index is 2.50. The van der Waals surface area contributed by atoms with Crippen LogP contribution in [-0.4, -0.2) is 30.4 Å². The molecule has 0 bridgehead atoms. The number of halogens is 2. The first kappa shape index (κ1) is 19.5. The number of anilines is 2. The topological polar surface area (TPSA) is 127 Å². The minimum atomic E-state index is -3.87. The average molecular weight is 405 g/mol. The Morgan fingerprint density at radius 1 is 0.840 bits per heavy atom. The van der Waals surface area contributed by atoms with E-state index in [1.807, 2.05) is 0 Å². The highest BCUT2D eigenvalue weighted by atomic mass is 35.5. The van der Waals surface area contributed by atoms with Gasteiger partial charge in [0.25, 0.3) is 0 Å². The third kappa shape index (κ3) is 3.89. The lowest BCUT2D eigenvalue weighted by Crippen LogP contribution is -2.23. The number of rotatable bonds is 6. The first-order valence-corrected chi connectivity index (χ1v) is 9.91. The van der Waals surface area contributed by atoms with Crippen LogP contribution in [0.15, 0.2) is 36.4 Å². The van der Waals surface area contributed by atoms with Crippen molar-refractivity contribution < 1.29 is 18.6 Å². The summed E-state index contributed by atoms with van der Waals surface area (Å²) in [6.45, 7) is 0. The number of phenolic OH excluding ortho intramolecular Hbond substituents is 2. The number of benzene rings is 2. The second-order valence-corrected chi connectivity index (χ2v) is 8.44. The lowest BCUT2D eigenvalue weighted by atomic mass is 10.1. The van der Waals surface area contributed by atoms with Gasteiger partial charge in [-0.3, -0.25) is 0 Å². The van der Waals surface area contributed by atoms with Crippen LogP contribution >= 0.6 is 23.2 Å². The molecule has 0 saturated heterocycles. The van der Waals surface area contributed by atoms with Crippen LogP contribution in [0.5, 0.6) is 11.5 Å². The molecule has 25 heavy (non-hydrogen) atoms. The fourth-order valence-corrected chi connectivity index (χ4v) is 5.69. The highest BCUT2D eigenvalue weighted by Crippen LogP contribution is 2.38. The van der Waals surface area contributed by atoms with Gasteiger partial charge in [-0.15, -0.1) is 23.2 Å². The molecule has 0 aliphatic carbocycles. The van der Waals surface area contributed by atoms with Gasteiger partial charge in [0.1, 0.15) is 22.0 Å². The zero-order chi connectivity index (χ0) is 18.8. The molecule has 2 aromatic carbocycles. The summed E-state index contributed by atoms with van der Waals surface area (Å²) in [6, 6.07) is 8.27. The molecule has 6 nitrogen and oxygen atoms in total. The standard InChI is InChI=1S/C16H18Cl2N2O4S/c17-7-15(9-1-3-13(21)11(19)5-9)25(23,24)16(8-18)10-2-4-14(22)12(20)6-10/h1-6,15-16,21-22H,7-8,19-20H2. The molecule has 2 unspecified atom stereocenters. The molecule has 0 saturated carbocycles. The van der Waals surface area contributed by atoms with E-state index in [-0.39, 0.29) is 34.6 Å². The van der Waals surface area contributed by atoms with Crippen LogP contribution in [-0.2, 0) is 9.84 Å². The maximum atomic E-state index is 13.1. The largest absolute Gasteiger partial charge is 0.506 e. The van der Waals surface area contributed by atoms with Gasteiger partial charge >= 0.3 is 0 Å². The molecule has 0 spiro atoms. The molecule has 9 heteroatoms. The lowest BCUT2D eigenvalue weighted by molar-refractivity contribution is 0.477. The summed E-state index contributed by atoms with van der Waals surface area (Å²) >= 11 is 11.9. The zero-order valence-electron chi connectivity index (χ0n) is 13.1. The average Bonchev–Trinajstić information content (AvgIpc) is 2.55. The van der Waals surface area contributed by atoms with Crippen molar-refractivity contribution in [2.24, 2.45) is 0 Å². The Morgan fingerprint density at radius 2 is 1.20 bits per heavy atom. The van der Waals surface area contributed by atoms with Crippen LogP contribution in [0.25, 0.3) is 0 Å². The van der Waals surface area contributed by atoms with Crippen LogP contribution in [0.1, 0.15) is 21.6 Å². The predicted molar refractivity (Wildman–Crippen MR) is 101 cm³/mol. The van der Waals surface area contributed by atoms with Gasteiger partial charge in [0.15, 0.2) is 9.84 Å². The van der Waals surface area contributed by atoms with E-state index in [1.165, 1.54) is 36.4 Å². The Labute approximate surface area is 155 Å². The van der Waals surface area contributed by atoms with E-state index in [9.17, 15) is 18.6 Å². The number of hydrogen-bond acceptors (Lipinski definition) is 6. The van der Waals surface area contributed by atoms with Crippen LogP contribution in [0.2, 0.25) is 0 Å². The molecule has 0 heterocycles. The van der Waals surface area contributed by atoms with Gasteiger partial charge in [0, 0.05) is 11.8 Å². The number of nitrogen functional groups attached to an aromatic ring is 2. The summed E-state index contributed by atoms with van der Waals surface area (Å²) in [6.07, 6.45) is 0. The van der Waals surface area contributed by atoms with E-state index in [0.29, 0.717) is 11.1 Å². The van der Waals surface area contributed by atoms with Crippen molar-refractivity contribution in [3.63, 3.8) is 0 Å². The van der Waals surface area contributed by atoms with Gasteiger partial charge in [-0.1, -0.05) is 12.1 Å². The summed E-state index contributed by atoms with van der Waals surface area (Å²) in [7, 11) is -3.87.